The lowest BCUT2D eigenvalue weighted by atomic mass is 10.1. The average molecular weight is 450 g/mol. The zero-order valence-electron chi connectivity index (χ0n) is 17.6. The number of rotatable bonds is 9. The standard InChI is InChI=1S/C21H21F3N4O4/c1-4-31-26-11-16-5-6-17(12-25-16)29-7-8-30-18-13(2)9-15(10-14(18)3)19-27-20(32-28-19)21(22,23)24/h5-6,9-12H,4,7-8H2,1-3H3/b26-11+. The first-order valence-corrected chi connectivity index (χ1v) is 9.67. The second kappa shape index (κ2) is 10.1. The van der Waals surface area contributed by atoms with Gasteiger partial charge < -0.3 is 18.8 Å². The molecule has 1 aromatic carbocycles. The highest BCUT2D eigenvalue weighted by Gasteiger charge is 2.38. The maximum Gasteiger partial charge on any atom is 0.471 e. The minimum Gasteiger partial charge on any atom is -0.489 e. The van der Waals surface area contributed by atoms with Crippen molar-refractivity contribution < 1.29 is 32.0 Å². The summed E-state index contributed by atoms with van der Waals surface area (Å²) in [4.78, 5) is 12.5. The van der Waals surface area contributed by atoms with Crippen LogP contribution in [0.3, 0.4) is 0 Å². The number of benzene rings is 1. The molecule has 32 heavy (non-hydrogen) atoms. The van der Waals surface area contributed by atoms with Crippen molar-refractivity contribution in [3.8, 4) is 22.9 Å². The Morgan fingerprint density at radius 3 is 2.41 bits per heavy atom. The number of alkyl halides is 3. The average Bonchev–Trinajstić information content (AvgIpc) is 3.25. The first kappa shape index (κ1) is 23.0. The van der Waals surface area contributed by atoms with E-state index in [4.69, 9.17) is 14.3 Å². The summed E-state index contributed by atoms with van der Waals surface area (Å²) in [5, 5.41) is 7.15. The molecule has 3 rings (SSSR count). The van der Waals surface area contributed by atoms with Crippen molar-refractivity contribution in [2.75, 3.05) is 19.8 Å². The molecule has 0 amide bonds. The van der Waals surface area contributed by atoms with Crippen LogP contribution < -0.4 is 9.47 Å². The summed E-state index contributed by atoms with van der Waals surface area (Å²) in [6.07, 6.45) is -1.62. The molecular weight excluding hydrogens is 429 g/mol. The summed E-state index contributed by atoms with van der Waals surface area (Å²) < 4.78 is 53.7. The van der Waals surface area contributed by atoms with Crippen LogP contribution in [0.25, 0.3) is 11.4 Å². The predicted molar refractivity (Wildman–Crippen MR) is 109 cm³/mol. The molecule has 0 spiro atoms. The zero-order valence-corrected chi connectivity index (χ0v) is 17.6. The topological polar surface area (TPSA) is 91.9 Å². The first-order valence-electron chi connectivity index (χ1n) is 9.67. The quantitative estimate of drug-likeness (QED) is 0.267. The van der Waals surface area contributed by atoms with Gasteiger partial charge in [-0.2, -0.15) is 18.2 Å². The number of hydrogen-bond acceptors (Lipinski definition) is 8. The Labute approximate surface area is 182 Å². The molecule has 0 saturated carbocycles. The van der Waals surface area contributed by atoms with Crippen LogP contribution in [0.1, 0.15) is 29.6 Å². The van der Waals surface area contributed by atoms with Crippen LogP contribution in [0.2, 0.25) is 0 Å². The molecule has 3 aromatic rings. The Morgan fingerprint density at radius 2 is 1.81 bits per heavy atom. The molecule has 0 aliphatic heterocycles. The monoisotopic (exact) mass is 450 g/mol. The van der Waals surface area contributed by atoms with Gasteiger partial charge in [-0.25, -0.2) is 0 Å². The maximum absolute atomic E-state index is 12.7. The number of nitrogens with zero attached hydrogens (tertiary/aromatic N) is 4. The fourth-order valence-corrected chi connectivity index (χ4v) is 2.79. The fraction of sp³-hybridized carbons (Fsp3) is 0.333. The molecule has 0 unspecified atom stereocenters. The van der Waals surface area contributed by atoms with E-state index < -0.39 is 12.1 Å². The van der Waals surface area contributed by atoms with Crippen molar-refractivity contribution in [1.29, 1.82) is 0 Å². The summed E-state index contributed by atoms with van der Waals surface area (Å²) in [7, 11) is 0. The molecule has 0 atom stereocenters. The molecule has 0 fully saturated rings. The lowest BCUT2D eigenvalue weighted by molar-refractivity contribution is -0.159. The summed E-state index contributed by atoms with van der Waals surface area (Å²) in [6, 6.07) is 6.78. The van der Waals surface area contributed by atoms with Gasteiger partial charge in [-0.15, -0.1) is 0 Å². The van der Waals surface area contributed by atoms with Crippen LogP contribution in [0.4, 0.5) is 13.2 Å². The Bertz CT molecular complexity index is 1040. The Hall–Kier alpha value is -3.63. The molecule has 8 nitrogen and oxygen atoms in total. The number of aryl methyl sites for hydroxylation is 2. The highest BCUT2D eigenvalue weighted by molar-refractivity contribution is 5.76. The van der Waals surface area contributed by atoms with Crippen LogP contribution in [0.15, 0.2) is 40.1 Å². The number of halogens is 3. The number of aromatic nitrogens is 3. The smallest absolute Gasteiger partial charge is 0.471 e. The maximum atomic E-state index is 12.7. The zero-order chi connectivity index (χ0) is 23.1. The van der Waals surface area contributed by atoms with Crippen molar-refractivity contribution in [3.63, 3.8) is 0 Å². The van der Waals surface area contributed by atoms with Gasteiger partial charge in [0.25, 0.3) is 0 Å². The largest absolute Gasteiger partial charge is 0.489 e. The molecule has 0 aliphatic carbocycles. The third-order valence-corrected chi connectivity index (χ3v) is 4.13. The molecule has 0 N–H and O–H groups in total. The fourth-order valence-electron chi connectivity index (χ4n) is 2.79. The van der Waals surface area contributed by atoms with Crippen LogP contribution >= 0.6 is 0 Å². The van der Waals surface area contributed by atoms with Crippen LogP contribution in [0.5, 0.6) is 11.5 Å². The summed E-state index contributed by atoms with van der Waals surface area (Å²) >= 11 is 0. The molecule has 0 saturated heterocycles. The molecule has 170 valence electrons. The Kier molecular flexibility index (Phi) is 7.29. The molecule has 0 aliphatic rings. The van der Waals surface area contributed by atoms with Crippen molar-refractivity contribution in [1.82, 2.24) is 15.1 Å². The molecule has 11 heteroatoms. The molecule has 2 aromatic heterocycles. The third kappa shape index (κ3) is 5.96. The van der Waals surface area contributed by atoms with Crippen LogP contribution in [-0.4, -0.2) is 41.2 Å². The van der Waals surface area contributed by atoms with E-state index in [1.54, 1.807) is 44.3 Å². The Morgan fingerprint density at radius 1 is 1.09 bits per heavy atom. The van der Waals surface area contributed by atoms with Gasteiger partial charge in [0.05, 0.1) is 18.1 Å². The minimum absolute atomic E-state index is 0.138. The van der Waals surface area contributed by atoms with E-state index in [1.807, 2.05) is 6.92 Å². The summed E-state index contributed by atoms with van der Waals surface area (Å²) in [5.74, 6) is -0.342. The van der Waals surface area contributed by atoms with Crippen LogP contribution in [0, 0.1) is 13.8 Å². The van der Waals surface area contributed by atoms with Gasteiger partial charge in [-0.1, -0.05) is 10.3 Å². The Balaban J connectivity index is 1.56. The number of oxime groups is 1. The molecular formula is C21H21F3N4O4. The summed E-state index contributed by atoms with van der Waals surface area (Å²) in [6.45, 7) is 6.41. The van der Waals surface area contributed by atoms with E-state index in [1.165, 1.54) is 6.21 Å². The van der Waals surface area contributed by atoms with Gasteiger partial charge in [-0.05, 0) is 56.2 Å². The molecule has 0 bridgehead atoms. The highest BCUT2D eigenvalue weighted by Crippen LogP contribution is 2.32. The van der Waals surface area contributed by atoms with Crippen molar-refractivity contribution >= 4 is 6.21 Å². The van der Waals surface area contributed by atoms with Gasteiger partial charge >= 0.3 is 12.1 Å². The second-order valence-corrected chi connectivity index (χ2v) is 6.63. The summed E-state index contributed by atoms with van der Waals surface area (Å²) in [5.41, 5.74) is 2.48. The minimum atomic E-state index is -4.69. The molecule has 2 heterocycles. The van der Waals surface area contributed by atoms with Gasteiger partial charge in [-0.3, -0.25) is 4.98 Å². The van der Waals surface area contributed by atoms with Gasteiger partial charge in [0.1, 0.15) is 31.3 Å². The number of pyridine rings is 1. The van der Waals surface area contributed by atoms with Crippen molar-refractivity contribution in [2.24, 2.45) is 5.16 Å². The predicted octanol–water partition coefficient (Wildman–Crippen LogP) is 4.60. The lowest BCUT2D eigenvalue weighted by Crippen LogP contribution is -2.10. The lowest BCUT2D eigenvalue weighted by Gasteiger charge is -2.14. The highest BCUT2D eigenvalue weighted by atomic mass is 19.4. The SMILES string of the molecule is CCO/N=C/c1ccc(OCCOc2c(C)cc(-c3noc(C(F)(F)F)n3)cc2C)cn1. The van der Waals surface area contributed by atoms with Crippen LogP contribution in [-0.2, 0) is 11.0 Å². The van der Waals surface area contributed by atoms with E-state index in [0.29, 0.717) is 29.4 Å². The van der Waals surface area contributed by atoms with Crippen molar-refractivity contribution in [3.05, 3.63) is 53.2 Å². The number of hydrogen-bond donors (Lipinski definition) is 0. The first-order chi connectivity index (χ1) is 15.3. The number of ether oxygens (including phenoxy) is 2. The van der Waals surface area contributed by atoms with E-state index in [2.05, 4.69) is 24.8 Å². The van der Waals surface area contributed by atoms with Gasteiger partial charge in [0.2, 0.25) is 5.82 Å². The van der Waals surface area contributed by atoms with E-state index in [9.17, 15) is 13.2 Å². The van der Waals surface area contributed by atoms with Gasteiger partial charge in [0, 0.05) is 5.56 Å². The van der Waals surface area contributed by atoms with Crippen molar-refractivity contribution in [2.45, 2.75) is 26.9 Å². The third-order valence-electron chi connectivity index (χ3n) is 4.13. The molecule has 0 radical (unpaired) electrons. The second-order valence-electron chi connectivity index (χ2n) is 6.63. The normalized spacial score (nSPS) is 11.7. The van der Waals surface area contributed by atoms with E-state index >= 15 is 0 Å². The van der Waals surface area contributed by atoms with E-state index in [0.717, 1.165) is 11.1 Å². The van der Waals surface area contributed by atoms with Gasteiger partial charge in [0.15, 0.2) is 0 Å². The van der Waals surface area contributed by atoms with E-state index in [-0.39, 0.29) is 19.0 Å².